The number of aromatic amines is 1. The molecule has 1 atom stereocenters. The Hall–Kier alpha value is -4.41. The molecule has 2 aromatic carbocycles. The fourth-order valence-electron chi connectivity index (χ4n) is 5.49. The molecule has 11 nitrogen and oxygen atoms in total. The lowest BCUT2D eigenvalue weighted by atomic mass is 10.2. The highest BCUT2D eigenvalue weighted by Crippen LogP contribution is 2.30. The maximum atomic E-state index is 14.6. The number of imidazole rings is 1. The molecule has 1 unspecified atom stereocenters. The number of ether oxygens (including phenoxy) is 2. The lowest BCUT2D eigenvalue weighted by molar-refractivity contribution is -0.144. The van der Waals surface area contributed by atoms with Crippen LogP contribution < -0.4 is 9.64 Å². The molecule has 2 aliphatic rings. The van der Waals surface area contributed by atoms with Gasteiger partial charge in [0.2, 0.25) is 11.6 Å². The average Bonchev–Trinajstić information content (AvgIpc) is 3.65. The summed E-state index contributed by atoms with van der Waals surface area (Å²) in [4.78, 5) is 12.6. The zero-order chi connectivity index (χ0) is 32.7. The van der Waals surface area contributed by atoms with Crippen molar-refractivity contribution in [3.05, 3.63) is 76.3 Å². The van der Waals surface area contributed by atoms with Crippen LogP contribution in [0.3, 0.4) is 0 Å². The van der Waals surface area contributed by atoms with Crippen molar-refractivity contribution in [2.24, 2.45) is 0 Å². The molecule has 17 heteroatoms. The van der Waals surface area contributed by atoms with Crippen LogP contribution in [0.1, 0.15) is 23.6 Å². The zero-order valence-electron chi connectivity index (χ0n) is 24.6. The highest BCUT2D eigenvalue weighted by atomic mass is 35.5. The third-order valence-corrected chi connectivity index (χ3v) is 8.38. The van der Waals surface area contributed by atoms with Crippen molar-refractivity contribution in [3.8, 4) is 17.3 Å². The number of rotatable bonds is 9. The van der Waals surface area contributed by atoms with Gasteiger partial charge in [0.1, 0.15) is 29.5 Å². The monoisotopic (exact) mass is 675 g/mol. The van der Waals surface area contributed by atoms with E-state index in [9.17, 15) is 22.0 Å². The maximum Gasteiger partial charge on any atom is 0.451 e. The summed E-state index contributed by atoms with van der Waals surface area (Å²) >= 11 is 5.82. The highest BCUT2D eigenvalue weighted by molar-refractivity contribution is 6.30. The minimum absolute atomic E-state index is 0.00194. The van der Waals surface area contributed by atoms with E-state index in [1.165, 1.54) is 24.3 Å². The summed E-state index contributed by atoms with van der Waals surface area (Å²) in [7, 11) is 0. The molecule has 0 amide bonds. The summed E-state index contributed by atoms with van der Waals surface area (Å²) in [6.45, 7) is 4.13. The molecule has 2 fully saturated rings. The second-order valence-corrected chi connectivity index (χ2v) is 11.7. The van der Waals surface area contributed by atoms with E-state index in [-0.39, 0.29) is 40.6 Å². The first-order valence-electron chi connectivity index (χ1n) is 14.8. The standard InChI is InChI=1S/C30H27ClF5N9O2/c31-18-2-1-17(22(33)11-18)16-47-25-12-19(3-4-21(25)32)44-8-6-43(7-9-44)15-26-37-24-13-23(27-38-29(42-40-27)30(34,35)36)39-41-28(24)45(26)14-20-5-10-46-20/h1-4,11-13,20H,5-10,14-16H2,(H,38,40,42). The Kier molecular flexibility index (Phi) is 8.40. The number of halogens is 6. The van der Waals surface area contributed by atoms with Gasteiger partial charge in [-0.3, -0.25) is 10.00 Å². The molecule has 5 heterocycles. The van der Waals surface area contributed by atoms with E-state index < -0.39 is 23.6 Å². The van der Waals surface area contributed by atoms with E-state index in [1.54, 1.807) is 18.2 Å². The van der Waals surface area contributed by atoms with Gasteiger partial charge in [-0.25, -0.2) is 18.7 Å². The Bertz CT molecular complexity index is 1900. The predicted molar refractivity (Wildman–Crippen MR) is 160 cm³/mol. The van der Waals surface area contributed by atoms with Gasteiger partial charge in [-0.15, -0.1) is 10.2 Å². The van der Waals surface area contributed by atoms with Crippen LogP contribution in [0.15, 0.2) is 42.5 Å². The summed E-state index contributed by atoms with van der Waals surface area (Å²) in [5.41, 5.74) is 2.05. The largest absolute Gasteiger partial charge is 0.486 e. The average molecular weight is 676 g/mol. The normalized spacial score (nSPS) is 17.3. The minimum Gasteiger partial charge on any atom is -0.486 e. The lowest BCUT2D eigenvalue weighted by Gasteiger charge is -2.36. The van der Waals surface area contributed by atoms with Crippen molar-refractivity contribution in [1.29, 1.82) is 0 Å². The number of piperazine rings is 1. The summed E-state index contributed by atoms with van der Waals surface area (Å²) < 4.78 is 81.1. The van der Waals surface area contributed by atoms with Crippen molar-refractivity contribution in [2.75, 3.05) is 37.7 Å². The highest BCUT2D eigenvalue weighted by Gasteiger charge is 2.35. The third-order valence-electron chi connectivity index (χ3n) is 8.15. The number of hydrogen-bond acceptors (Lipinski definition) is 9. The van der Waals surface area contributed by atoms with Crippen molar-refractivity contribution >= 4 is 28.5 Å². The summed E-state index contributed by atoms with van der Waals surface area (Å²) in [5, 5.41) is 14.2. The van der Waals surface area contributed by atoms with Crippen LogP contribution in [-0.4, -0.2) is 78.7 Å². The topological polar surface area (TPSA) is 110 Å². The van der Waals surface area contributed by atoms with Crippen LogP contribution in [0, 0.1) is 11.6 Å². The number of anilines is 1. The molecule has 2 saturated heterocycles. The molecule has 246 valence electrons. The Labute approximate surface area is 269 Å². The number of fused-ring (bicyclic) bond motifs is 1. The minimum atomic E-state index is -4.67. The maximum absolute atomic E-state index is 14.6. The van der Waals surface area contributed by atoms with Gasteiger partial charge in [-0.1, -0.05) is 17.7 Å². The van der Waals surface area contributed by atoms with Crippen molar-refractivity contribution in [1.82, 2.24) is 39.8 Å². The van der Waals surface area contributed by atoms with E-state index in [2.05, 4.69) is 30.1 Å². The van der Waals surface area contributed by atoms with Gasteiger partial charge >= 0.3 is 6.18 Å². The van der Waals surface area contributed by atoms with Gasteiger partial charge in [-0.05, 0) is 36.8 Å². The molecule has 1 N–H and O–H groups in total. The van der Waals surface area contributed by atoms with Crippen LogP contribution in [0.4, 0.5) is 27.6 Å². The number of nitrogens with one attached hydrogen (secondary N) is 1. The van der Waals surface area contributed by atoms with E-state index in [4.69, 9.17) is 26.1 Å². The number of hydrogen-bond donors (Lipinski definition) is 1. The Balaban J connectivity index is 1.04. The van der Waals surface area contributed by atoms with E-state index in [1.807, 2.05) is 9.67 Å². The first kappa shape index (κ1) is 31.2. The van der Waals surface area contributed by atoms with Crippen LogP contribution in [0.25, 0.3) is 22.7 Å². The second-order valence-electron chi connectivity index (χ2n) is 11.3. The van der Waals surface area contributed by atoms with Gasteiger partial charge in [0, 0.05) is 55.1 Å². The number of benzene rings is 2. The predicted octanol–water partition coefficient (Wildman–Crippen LogP) is 5.25. The SMILES string of the molecule is Fc1cc(Cl)ccc1COc1cc(N2CCN(Cc3nc4cc(-c5n[nH]c(C(F)(F)F)n5)nnc4n3CC3CCO3)CC2)ccc1F. The summed E-state index contributed by atoms with van der Waals surface area (Å²) in [5.74, 6) is -1.79. The van der Waals surface area contributed by atoms with Crippen LogP contribution >= 0.6 is 11.6 Å². The zero-order valence-corrected chi connectivity index (χ0v) is 25.4. The molecular weight excluding hydrogens is 649 g/mol. The van der Waals surface area contributed by atoms with Crippen molar-refractivity contribution in [3.63, 3.8) is 0 Å². The smallest absolute Gasteiger partial charge is 0.451 e. The quantitative estimate of drug-likeness (QED) is 0.210. The van der Waals surface area contributed by atoms with Gasteiger partial charge in [-0.2, -0.15) is 18.3 Å². The number of nitrogens with zero attached hydrogens (tertiary/aromatic N) is 8. The van der Waals surface area contributed by atoms with Crippen LogP contribution in [0.2, 0.25) is 5.02 Å². The third kappa shape index (κ3) is 6.71. The molecule has 47 heavy (non-hydrogen) atoms. The van der Waals surface area contributed by atoms with Gasteiger partial charge < -0.3 is 18.9 Å². The first-order valence-corrected chi connectivity index (χ1v) is 15.2. The molecule has 7 rings (SSSR count). The van der Waals surface area contributed by atoms with Crippen LogP contribution in [0.5, 0.6) is 5.75 Å². The van der Waals surface area contributed by atoms with Gasteiger partial charge in [0.15, 0.2) is 17.2 Å². The Morgan fingerprint density at radius 1 is 0.979 bits per heavy atom. The molecule has 2 aliphatic heterocycles. The van der Waals surface area contributed by atoms with E-state index in [0.717, 1.165) is 12.1 Å². The Morgan fingerprint density at radius 3 is 2.49 bits per heavy atom. The molecule has 0 aliphatic carbocycles. The van der Waals surface area contributed by atoms with Crippen molar-refractivity contribution < 1.29 is 31.4 Å². The van der Waals surface area contributed by atoms with Gasteiger partial charge in [0.05, 0.1) is 19.2 Å². The molecule has 0 saturated carbocycles. The molecular formula is C30H27ClF5N9O2. The van der Waals surface area contributed by atoms with Gasteiger partial charge in [0.25, 0.3) is 0 Å². The number of alkyl halides is 3. The fraction of sp³-hybridized carbons (Fsp3) is 0.367. The summed E-state index contributed by atoms with van der Waals surface area (Å²) in [6.07, 6.45) is -3.79. The second kappa shape index (κ2) is 12.7. The summed E-state index contributed by atoms with van der Waals surface area (Å²) in [6, 6.07) is 10.4. The molecule has 0 spiro atoms. The van der Waals surface area contributed by atoms with Crippen molar-refractivity contribution in [2.45, 2.75) is 38.4 Å². The molecule has 0 radical (unpaired) electrons. The number of aromatic nitrogens is 7. The number of H-pyrrole nitrogens is 1. The molecule has 5 aromatic rings. The Morgan fingerprint density at radius 2 is 1.79 bits per heavy atom. The van der Waals surface area contributed by atoms with E-state index in [0.29, 0.717) is 62.9 Å². The first-order chi connectivity index (χ1) is 22.6. The lowest BCUT2D eigenvalue weighted by Crippen LogP contribution is -2.46. The fourth-order valence-corrected chi connectivity index (χ4v) is 5.65. The molecule has 3 aromatic heterocycles. The van der Waals surface area contributed by atoms with E-state index >= 15 is 0 Å². The molecule has 0 bridgehead atoms. The van der Waals surface area contributed by atoms with Crippen LogP contribution in [-0.2, 0) is 30.6 Å².